The summed E-state index contributed by atoms with van der Waals surface area (Å²) in [7, 11) is 0. The van der Waals surface area contributed by atoms with Gasteiger partial charge in [-0.15, -0.1) is 0 Å². The molecule has 14 heavy (non-hydrogen) atoms. The van der Waals surface area contributed by atoms with E-state index >= 15 is 0 Å². The van der Waals surface area contributed by atoms with Crippen molar-refractivity contribution in [1.29, 1.82) is 0 Å². The normalized spacial score (nSPS) is 9.50. The van der Waals surface area contributed by atoms with E-state index in [0.717, 1.165) is 25.1 Å². The molecule has 0 saturated heterocycles. The number of hydrogen-bond donors (Lipinski definition) is 1. The topological polar surface area (TPSA) is 38.0 Å². The second kappa shape index (κ2) is 7.56. The number of aliphatic hydroxyl groups is 1. The van der Waals surface area contributed by atoms with Crippen LogP contribution in [0, 0.1) is 6.92 Å². The summed E-state index contributed by atoms with van der Waals surface area (Å²) in [6, 6.07) is 2.09. The number of rotatable bonds is 4. The lowest BCUT2D eigenvalue weighted by atomic mass is 10.3. The molecule has 3 heteroatoms. The van der Waals surface area contributed by atoms with Crippen molar-refractivity contribution in [2.75, 3.05) is 6.61 Å². The first-order chi connectivity index (χ1) is 6.77. The highest BCUT2D eigenvalue weighted by Crippen LogP contribution is 2.04. The van der Waals surface area contributed by atoms with Gasteiger partial charge in [0, 0.05) is 18.8 Å². The third-order valence-corrected chi connectivity index (χ3v) is 1.88. The van der Waals surface area contributed by atoms with Crippen LogP contribution in [0.25, 0.3) is 0 Å². The Morgan fingerprint density at radius 3 is 2.57 bits per heavy atom. The average molecular weight is 198 g/mol. The van der Waals surface area contributed by atoms with Gasteiger partial charge in [0.1, 0.15) is 0 Å². The summed E-state index contributed by atoms with van der Waals surface area (Å²) in [6.07, 6.45) is 1.79. The van der Waals surface area contributed by atoms with Crippen molar-refractivity contribution >= 4 is 0 Å². The molecule has 82 valence electrons. The molecule has 1 aromatic rings. The van der Waals surface area contributed by atoms with Crippen molar-refractivity contribution in [2.45, 2.75) is 47.1 Å². The molecular weight excluding hydrogens is 176 g/mol. The van der Waals surface area contributed by atoms with E-state index in [2.05, 4.69) is 18.1 Å². The van der Waals surface area contributed by atoms with Crippen molar-refractivity contribution < 1.29 is 5.11 Å². The molecule has 0 unspecified atom stereocenters. The van der Waals surface area contributed by atoms with Gasteiger partial charge >= 0.3 is 0 Å². The van der Waals surface area contributed by atoms with Crippen molar-refractivity contribution in [3.63, 3.8) is 0 Å². The zero-order valence-corrected chi connectivity index (χ0v) is 9.75. The first-order valence-corrected chi connectivity index (χ1v) is 5.42. The number of aryl methyl sites for hydroxylation is 3. The van der Waals surface area contributed by atoms with E-state index in [1.54, 1.807) is 0 Å². The van der Waals surface area contributed by atoms with Crippen molar-refractivity contribution in [3.8, 4) is 0 Å². The van der Waals surface area contributed by atoms with Crippen molar-refractivity contribution in [1.82, 2.24) is 9.78 Å². The minimum absolute atomic E-state index is 0.238. The quantitative estimate of drug-likeness (QED) is 0.805. The molecule has 0 bridgehead atoms. The van der Waals surface area contributed by atoms with E-state index in [-0.39, 0.29) is 6.61 Å². The average Bonchev–Trinajstić information content (AvgIpc) is 2.59. The van der Waals surface area contributed by atoms with Gasteiger partial charge in [-0.05, 0) is 25.8 Å². The van der Waals surface area contributed by atoms with Gasteiger partial charge in [-0.25, -0.2) is 0 Å². The molecule has 3 nitrogen and oxygen atoms in total. The van der Waals surface area contributed by atoms with Gasteiger partial charge in [-0.1, -0.05) is 20.8 Å². The van der Waals surface area contributed by atoms with Crippen molar-refractivity contribution in [3.05, 3.63) is 17.5 Å². The predicted molar refractivity (Wildman–Crippen MR) is 59.4 cm³/mol. The molecule has 0 aliphatic carbocycles. The Morgan fingerprint density at radius 2 is 2.07 bits per heavy atom. The molecule has 0 aliphatic heterocycles. The van der Waals surface area contributed by atoms with Crippen LogP contribution in [0.3, 0.4) is 0 Å². The minimum atomic E-state index is 0.238. The fraction of sp³-hybridized carbons (Fsp3) is 0.727. The summed E-state index contributed by atoms with van der Waals surface area (Å²) in [6.45, 7) is 9.18. The summed E-state index contributed by atoms with van der Waals surface area (Å²) in [5.41, 5.74) is 2.31. The van der Waals surface area contributed by atoms with Gasteiger partial charge in [0.05, 0.1) is 5.69 Å². The molecule has 1 rings (SSSR count). The van der Waals surface area contributed by atoms with Crippen LogP contribution in [-0.4, -0.2) is 21.5 Å². The molecule has 0 saturated carbocycles. The second-order valence-corrected chi connectivity index (χ2v) is 2.93. The maximum absolute atomic E-state index is 8.66. The van der Waals surface area contributed by atoms with Crippen LogP contribution in [0.4, 0.5) is 0 Å². The van der Waals surface area contributed by atoms with E-state index in [4.69, 9.17) is 5.11 Å². The Bertz CT molecular complexity index is 243. The second-order valence-electron chi connectivity index (χ2n) is 2.93. The number of aliphatic hydroxyl groups excluding tert-OH is 1. The van der Waals surface area contributed by atoms with Gasteiger partial charge in [0.2, 0.25) is 0 Å². The third-order valence-electron chi connectivity index (χ3n) is 1.88. The fourth-order valence-corrected chi connectivity index (χ4v) is 1.30. The Balaban J connectivity index is 0.000000791. The maximum atomic E-state index is 8.66. The number of nitrogens with zero attached hydrogens (tertiary/aromatic N) is 2. The Labute approximate surface area is 86.8 Å². The summed E-state index contributed by atoms with van der Waals surface area (Å²) in [5.74, 6) is 0. The van der Waals surface area contributed by atoms with Crippen LogP contribution < -0.4 is 0 Å². The standard InChI is InChI=1S/C9H16N2O.C2H6/c1-3-9-7-8(2)10-11(9)5-4-6-12;1-2/h7,12H,3-6H2,1-2H3;1-2H3. The highest BCUT2D eigenvalue weighted by Gasteiger charge is 2.01. The maximum Gasteiger partial charge on any atom is 0.0596 e. The SMILES string of the molecule is CC.CCc1cc(C)nn1CCCO. The molecule has 0 atom stereocenters. The molecule has 1 aromatic heterocycles. The molecule has 0 aliphatic rings. The van der Waals surface area contributed by atoms with Crippen LogP contribution in [0.1, 0.15) is 38.6 Å². The molecule has 0 fully saturated rings. The summed E-state index contributed by atoms with van der Waals surface area (Å²) >= 11 is 0. The summed E-state index contributed by atoms with van der Waals surface area (Å²) in [5, 5.41) is 13.0. The van der Waals surface area contributed by atoms with E-state index in [1.807, 2.05) is 25.5 Å². The minimum Gasteiger partial charge on any atom is -0.396 e. The van der Waals surface area contributed by atoms with Crippen LogP contribution in [0.5, 0.6) is 0 Å². The van der Waals surface area contributed by atoms with E-state index < -0.39 is 0 Å². The Kier molecular flexibility index (Phi) is 7.11. The van der Waals surface area contributed by atoms with E-state index in [9.17, 15) is 0 Å². The number of aromatic nitrogens is 2. The van der Waals surface area contributed by atoms with Crippen LogP contribution in [0.15, 0.2) is 6.07 Å². The summed E-state index contributed by atoms with van der Waals surface area (Å²) < 4.78 is 1.98. The Hall–Kier alpha value is -0.830. The van der Waals surface area contributed by atoms with Gasteiger partial charge in [-0.2, -0.15) is 5.10 Å². The fourth-order valence-electron chi connectivity index (χ4n) is 1.30. The molecule has 0 amide bonds. The summed E-state index contributed by atoms with van der Waals surface area (Å²) in [4.78, 5) is 0. The lowest BCUT2D eigenvalue weighted by molar-refractivity contribution is 0.276. The highest BCUT2D eigenvalue weighted by molar-refractivity contribution is 5.08. The monoisotopic (exact) mass is 198 g/mol. The van der Waals surface area contributed by atoms with Gasteiger partial charge < -0.3 is 5.11 Å². The molecule has 1 N–H and O–H groups in total. The van der Waals surface area contributed by atoms with Crippen LogP contribution in [-0.2, 0) is 13.0 Å². The van der Waals surface area contributed by atoms with E-state index in [1.165, 1.54) is 5.69 Å². The Morgan fingerprint density at radius 1 is 1.43 bits per heavy atom. The molecule has 0 spiro atoms. The first kappa shape index (κ1) is 13.2. The smallest absolute Gasteiger partial charge is 0.0596 e. The van der Waals surface area contributed by atoms with E-state index in [0.29, 0.717) is 0 Å². The lowest BCUT2D eigenvalue weighted by Crippen LogP contribution is -2.05. The third kappa shape index (κ3) is 3.92. The predicted octanol–water partition coefficient (Wildman–Crippen LogP) is 2.16. The molecule has 0 radical (unpaired) electrons. The van der Waals surface area contributed by atoms with Gasteiger partial charge in [0.15, 0.2) is 0 Å². The van der Waals surface area contributed by atoms with Crippen LogP contribution >= 0.6 is 0 Å². The molecule has 0 aromatic carbocycles. The van der Waals surface area contributed by atoms with Crippen molar-refractivity contribution in [2.24, 2.45) is 0 Å². The first-order valence-electron chi connectivity index (χ1n) is 5.42. The number of hydrogen-bond acceptors (Lipinski definition) is 2. The zero-order valence-electron chi connectivity index (χ0n) is 9.75. The van der Waals surface area contributed by atoms with Crippen LogP contribution in [0.2, 0.25) is 0 Å². The van der Waals surface area contributed by atoms with Gasteiger partial charge in [-0.3, -0.25) is 4.68 Å². The largest absolute Gasteiger partial charge is 0.396 e. The zero-order chi connectivity index (χ0) is 11.0. The molecule has 1 heterocycles. The lowest BCUT2D eigenvalue weighted by Gasteiger charge is -2.03. The highest BCUT2D eigenvalue weighted by atomic mass is 16.3. The van der Waals surface area contributed by atoms with Gasteiger partial charge in [0.25, 0.3) is 0 Å². The molecular formula is C11H22N2O.